The van der Waals surface area contributed by atoms with Crippen molar-refractivity contribution < 1.29 is 4.74 Å². The Morgan fingerprint density at radius 3 is 2.93 bits per heavy atom. The van der Waals surface area contributed by atoms with Gasteiger partial charge in [-0.1, -0.05) is 18.2 Å². The molecule has 1 aliphatic heterocycles. The minimum absolute atomic E-state index is 0.746. The van der Waals surface area contributed by atoms with Crippen LogP contribution < -0.4 is 4.74 Å². The lowest BCUT2D eigenvalue weighted by molar-refractivity contribution is 0.386. The zero-order valence-electron chi connectivity index (χ0n) is 7.58. The molecule has 15 heavy (non-hydrogen) atoms. The van der Waals surface area contributed by atoms with Crippen molar-refractivity contribution >= 4 is 31.9 Å². The van der Waals surface area contributed by atoms with Gasteiger partial charge in [-0.25, -0.2) is 4.68 Å². The van der Waals surface area contributed by atoms with Crippen molar-refractivity contribution in [1.82, 2.24) is 9.78 Å². The fourth-order valence-corrected chi connectivity index (χ4v) is 2.33. The number of aromatic nitrogens is 2. The maximum Gasteiger partial charge on any atom is 0.233 e. The molecule has 1 aromatic carbocycles. The van der Waals surface area contributed by atoms with Gasteiger partial charge in [0.1, 0.15) is 14.8 Å². The molecule has 5 heteroatoms. The highest BCUT2D eigenvalue weighted by molar-refractivity contribution is 9.13. The van der Waals surface area contributed by atoms with Crippen LogP contribution in [-0.2, 0) is 6.54 Å². The Bertz CT molecular complexity index is 536. The minimum Gasteiger partial charge on any atom is -0.438 e. The first-order valence-electron chi connectivity index (χ1n) is 4.43. The Kier molecular flexibility index (Phi) is 2.10. The van der Waals surface area contributed by atoms with Crippen molar-refractivity contribution in [2.24, 2.45) is 0 Å². The molecule has 76 valence electrons. The topological polar surface area (TPSA) is 27.1 Å². The summed E-state index contributed by atoms with van der Waals surface area (Å²) in [5.74, 6) is 1.65. The summed E-state index contributed by atoms with van der Waals surface area (Å²) in [7, 11) is 0. The third-order valence-corrected chi connectivity index (χ3v) is 4.11. The second-order valence-electron chi connectivity index (χ2n) is 3.28. The molecule has 0 unspecified atom stereocenters. The van der Waals surface area contributed by atoms with E-state index in [-0.39, 0.29) is 0 Å². The van der Waals surface area contributed by atoms with Crippen molar-refractivity contribution in [1.29, 1.82) is 0 Å². The van der Waals surface area contributed by atoms with Gasteiger partial charge >= 0.3 is 0 Å². The monoisotopic (exact) mass is 328 g/mol. The number of hydrogen-bond acceptors (Lipinski definition) is 2. The summed E-state index contributed by atoms with van der Waals surface area (Å²) in [6.45, 7) is 0.746. The van der Waals surface area contributed by atoms with E-state index in [0.717, 1.165) is 32.8 Å². The summed E-state index contributed by atoms with van der Waals surface area (Å²) in [6, 6.07) is 7.97. The van der Waals surface area contributed by atoms with Gasteiger partial charge in [0, 0.05) is 5.56 Å². The van der Waals surface area contributed by atoms with E-state index in [2.05, 4.69) is 37.0 Å². The highest BCUT2D eigenvalue weighted by Crippen LogP contribution is 2.39. The van der Waals surface area contributed by atoms with Crippen LogP contribution in [0.4, 0.5) is 0 Å². The van der Waals surface area contributed by atoms with Gasteiger partial charge in [0.15, 0.2) is 0 Å². The predicted octanol–water partition coefficient (Wildman–Crippen LogP) is 3.56. The molecule has 0 saturated heterocycles. The van der Waals surface area contributed by atoms with E-state index in [0.29, 0.717) is 0 Å². The van der Waals surface area contributed by atoms with Crippen LogP contribution in [-0.4, -0.2) is 9.78 Å². The standard InChI is InChI=1S/C10H6Br2N2O/c11-8-9(12)13-14-5-6-3-1-2-4-7(6)15-10(8)14/h1-4H,5H2. The molecule has 1 aliphatic rings. The quantitative estimate of drug-likeness (QED) is 0.630. The number of benzene rings is 1. The van der Waals surface area contributed by atoms with Crippen LogP contribution in [0.3, 0.4) is 0 Å². The number of halogens is 2. The molecule has 0 saturated carbocycles. The van der Waals surface area contributed by atoms with E-state index >= 15 is 0 Å². The second kappa shape index (κ2) is 3.35. The Morgan fingerprint density at radius 1 is 1.27 bits per heavy atom. The summed E-state index contributed by atoms with van der Waals surface area (Å²) < 4.78 is 9.21. The molecule has 2 aromatic rings. The molecule has 3 nitrogen and oxygen atoms in total. The molecule has 0 amide bonds. The zero-order valence-corrected chi connectivity index (χ0v) is 10.7. The molecule has 0 N–H and O–H groups in total. The molecular weight excluding hydrogens is 324 g/mol. The number of para-hydroxylation sites is 1. The predicted molar refractivity (Wildman–Crippen MR) is 63.2 cm³/mol. The smallest absolute Gasteiger partial charge is 0.233 e. The third-order valence-electron chi connectivity index (χ3n) is 2.31. The first kappa shape index (κ1) is 9.42. The van der Waals surface area contributed by atoms with E-state index < -0.39 is 0 Å². The van der Waals surface area contributed by atoms with E-state index in [1.807, 2.05) is 28.9 Å². The van der Waals surface area contributed by atoms with Gasteiger partial charge in [0.25, 0.3) is 0 Å². The van der Waals surface area contributed by atoms with Crippen LogP contribution in [0.2, 0.25) is 0 Å². The number of nitrogens with zero attached hydrogens (tertiary/aromatic N) is 2. The van der Waals surface area contributed by atoms with Crippen LogP contribution in [0.5, 0.6) is 11.6 Å². The average molecular weight is 330 g/mol. The van der Waals surface area contributed by atoms with Crippen LogP contribution in [0, 0.1) is 0 Å². The molecule has 3 rings (SSSR count). The molecule has 0 aliphatic carbocycles. The van der Waals surface area contributed by atoms with Crippen LogP contribution in [0.25, 0.3) is 0 Å². The summed E-state index contributed by atoms with van der Waals surface area (Å²) in [6.07, 6.45) is 0. The van der Waals surface area contributed by atoms with Gasteiger partial charge in [-0.05, 0) is 37.9 Å². The molecule has 2 heterocycles. The highest BCUT2D eigenvalue weighted by Gasteiger charge is 2.22. The molecule has 0 spiro atoms. The number of rotatable bonds is 0. The van der Waals surface area contributed by atoms with Gasteiger partial charge in [-0.2, -0.15) is 5.10 Å². The molecule has 1 aromatic heterocycles. The molecule has 0 radical (unpaired) electrons. The molecule has 0 fully saturated rings. The van der Waals surface area contributed by atoms with Crippen LogP contribution in [0.15, 0.2) is 33.3 Å². The van der Waals surface area contributed by atoms with Crippen molar-refractivity contribution in [3.63, 3.8) is 0 Å². The maximum absolute atomic E-state index is 5.75. The van der Waals surface area contributed by atoms with Crippen molar-refractivity contribution in [3.8, 4) is 11.6 Å². The minimum atomic E-state index is 0.746. The second-order valence-corrected chi connectivity index (χ2v) is 4.82. The summed E-state index contributed by atoms with van der Waals surface area (Å²) >= 11 is 6.79. The summed E-state index contributed by atoms with van der Waals surface area (Å²) in [4.78, 5) is 0. The van der Waals surface area contributed by atoms with Crippen LogP contribution >= 0.6 is 31.9 Å². The Labute approximate surface area is 103 Å². The van der Waals surface area contributed by atoms with Gasteiger partial charge in [-0.3, -0.25) is 0 Å². The number of fused-ring (bicyclic) bond motifs is 2. The first-order chi connectivity index (χ1) is 7.25. The Hall–Kier alpha value is -0.810. The van der Waals surface area contributed by atoms with Gasteiger partial charge in [-0.15, -0.1) is 0 Å². The average Bonchev–Trinajstić information content (AvgIpc) is 2.52. The van der Waals surface area contributed by atoms with Crippen LogP contribution in [0.1, 0.15) is 5.56 Å². The lowest BCUT2D eigenvalue weighted by atomic mass is 10.2. The zero-order chi connectivity index (χ0) is 10.4. The fraction of sp³-hybridized carbons (Fsp3) is 0.100. The van der Waals surface area contributed by atoms with E-state index in [1.54, 1.807) is 0 Å². The number of hydrogen-bond donors (Lipinski definition) is 0. The SMILES string of the molecule is Brc1nn2c(c1Br)Oc1ccccc1C2. The largest absolute Gasteiger partial charge is 0.438 e. The molecular formula is C10H6Br2N2O. The lowest BCUT2D eigenvalue weighted by Gasteiger charge is -2.18. The van der Waals surface area contributed by atoms with E-state index in [9.17, 15) is 0 Å². The molecule has 0 bridgehead atoms. The summed E-state index contributed by atoms with van der Waals surface area (Å²) in [5, 5.41) is 4.31. The van der Waals surface area contributed by atoms with E-state index in [4.69, 9.17) is 4.74 Å². The highest BCUT2D eigenvalue weighted by atomic mass is 79.9. The van der Waals surface area contributed by atoms with Gasteiger partial charge < -0.3 is 4.74 Å². The van der Waals surface area contributed by atoms with Crippen molar-refractivity contribution in [2.75, 3.05) is 0 Å². The normalized spacial score (nSPS) is 12.9. The van der Waals surface area contributed by atoms with E-state index in [1.165, 1.54) is 0 Å². The van der Waals surface area contributed by atoms with Crippen molar-refractivity contribution in [3.05, 3.63) is 38.9 Å². The first-order valence-corrected chi connectivity index (χ1v) is 6.02. The third kappa shape index (κ3) is 1.41. The number of ether oxygens (including phenoxy) is 1. The van der Waals surface area contributed by atoms with Gasteiger partial charge in [0.05, 0.1) is 6.54 Å². The summed E-state index contributed by atoms with van der Waals surface area (Å²) in [5.41, 5.74) is 1.15. The van der Waals surface area contributed by atoms with Crippen molar-refractivity contribution in [2.45, 2.75) is 6.54 Å². The Morgan fingerprint density at radius 2 is 2.07 bits per heavy atom. The lowest BCUT2D eigenvalue weighted by Crippen LogP contribution is -2.10. The van der Waals surface area contributed by atoms with Gasteiger partial charge in [0.2, 0.25) is 5.88 Å². The Balaban J connectivity index is 2.15. The fourth-order valence-electron chi connectivity index (χ4n) is 1.60. The maximum atomic E-state index is 5.75. The molecule has 0 atom stereocenters.